The smallest absolute Gasteiger partial charge is 0.244 e. The highest BCUT2D eigenvalue weighted by atomic mass is 35.5. The number of halogens is 1. The highest BCUT2D eigenvalue weighted by Crippen LogP contribution is 2.18. The molecule has 1 aromatic rings. The average molecular weight is 281 g/mol. The molecule has 0 bridgehead atoms. The number of piperidine rings is 1. The lowest BCUT2D eigenvalue weighted by molar-refractivity contribution is -0.132. The van der Waals surface area contributed by atoms with Gasteiger partial charge in [0.05, 0.1) is 0 Å². The summed E-state index contributed by atoms with van der Waals surface area (Å²) in [5.41, 5.74) is 0.927. The molecule has 2 rings (SSSR count). The Morgan fingerprint density at radius 2 is 1.89 bits per heavy atom. The zero-order chi connectivity index (χ0) is 13.8. The maximum absolute atomic E-state index is 12.3. The molecule has 0 saturated carbocycles. The van der Waals surface area contributed by atoms with E-state index in [4.69, 9.17) is 11.6 Å². The van der Waals surface area contributed by atoms with E-state index in [9.17, 15) is 4.79 Å². The van der Waals surface area contributed by atoms with Gasteiger partial charge in [-0.15, -0.1) is 0 Å². The highest BCUT2D eigenvalue weighted by molar-refractivity contribution is 6.30. The van der Waals surface area contributed by atoms with E-state index in [0.29, 0.717) is 5.02 Å². The van der Waals surface area contributed by atoms with Crippen molar-refractivity contribution >= 4 is 23.2 Å². The van der Waals surface area contributed by atoms with Crippen LogP contribution < -0.4 is 5.32 Å². The fraction of sp³-hybridized carbons (Fsp3) is 0.533. The first-order valence-corrected chi connectivity index (χ1v) is 7.25. The molecule has 0 radical (unpaired) electrons. The number of nitrogens with zero attached hydrogens (tertiary/aromatic N) is 1. The van der Waals surface area contributed by atoms with Crippen molar-refractivity contribution in [1.29, 1.82) is 0 Å². The van der Waals surface area contributed by atoms with Gasteiger partial charge < -0.3 is 10.2 Å². The number of amides is 1. The molecule has 3 nitrogen and oxygen atoms in total. The molecule has 1 fully saturated rings. The first-order valence-electron chi connectivity index (χ1n) is 6.87. The number of anilines is 1. The number of rotatable bonds is 3. The Bertz CT molecular complexity index is 424. The fourth-order valence-electron chi connectivity index (χ4n) is 2.36. The number of nitrogens with one attached hydrogen (secondary N) is 1. The molecule has 1 amide bonds. The van der Waals surface area contributed by atoms with Crippen LogP contribution in [0.3, 0.4) is 0 Å². The van der Waals surface area contributed by atoms with Crippen LogP contribution in [0.2, 0.25) is 5.02 Å². The van der Waals surface area contributed by atoms with Crippen molar-refractivity contribution in [2.24, 2.45) is 5.92 Å². The third kappa shape index (κ3) is 3.87. The van der Waals surface area contributed by atoms with Crippen molar-refractivity contribution in [2.45, 2.75) is 32.7 Å². The number of likely N-dealkylation sites (tertiary alicyclic amines) is 1. The van der Waals surface area contributed by atoms with Crippen LogP contribution in [0, 0.1) is 5.92 Å². The zero-order valence-electron chi connectivity index (χ0n) is 11.5. The molecule has 1 unspecified atom stereocenters. The summed E-state index contributed by atoms with van der Waals surface area (Å²) in [5, 5.41) is 3.93. The van der Waals surface area contributed by atoms with Gasteiger partial charge in [-0.05, 0) is 49.9 Å². The molecule has 1 saturated heterocycles. The molecule has 0 aromatic heterocycles. The van der Waals surface area contributed by atoms with Gasteiger partial charge in [0, 0.05) is 23.8 Å². The standard InChI is InChI=1S/C15H21ClN2O/c1-11-7-9-18(10-8-11)15(19)12(2)17-14-5-3-13(16)4-6-14/h3-6,11-12,17H,7-10H2,1-2H3. The van der Waals surface area contributed by atoms with Crippen LogP contribution in [0.15, 0.2) is 24.3 Å². The zero-order valence-corrected chi connectivity index (χ0v) is 12.3. The number of carbonyl (C=O) groups excluding carboxylic acids is 1. The van der Waals surface area contributed by atoms with Crippen LogP contribution >= 0.6 is 11.6 Å². The van der Waals surface area contributed by atoms with Gasteiger partial charge in [0.15, 0.2) is 0 Å². The minimum atomic E-state index is -0.199. The normalized spacial score (nSPS) is 18.2. The van der Waals surface area contributed by atoms with Gasteiger partial charge in [-0.1, -0.05) is 18.5 Å². The fourth-order valence-corrected chi connectivity index (χ4v) is 2.49. The molecule has 104 valence electrons. The molecule has 1 aliphatic heterocycles. The minimum Gasteiger partial charge on any atom is -0.374 e. The van der Waals surface area contributed by atoms with Crippen molar-refractivity contribution in [3.63, 3.8) is 0 Å². The Morgan fingerprint density at radius 3 is 2.47 bits per heavy atom. The molecule has 1 atom stereocenters. The topological polar surface area (TPSA) is 32.3 Å². The highest BCUT2D eigenvalue weighted by Gasteiger charge is 2.24. The molecular weight excluding hydrogens is 260 g/mol. The molecule has 19 heavy (non-hydrogen) atoms. The molecule has 1 heterocycles. The minimum absolute atomic E-state index is 0.182. The van der Waals surface area contributed by atoms with Gasteiger partial charge in [0.1, 0.15) is 6.04 Å². The van der Waals surface area contributed by atoms with Crippen molar-refractivity contribution in [2.75, 3.05) is 18.4 Å². The van der Waals surface area contributed by atoms with Gasteiger partial charge >= 0.3 is 0 Å². The van der Waals surface area contributed by atoms with Gasteiger partial charge in [0.2, 0.25) is 5.91 Å². The maximum Gasteiger partial charge on any atom is 0.244 e. The summed E-state index contributed by atoms with van der Waals surface area (Å²) in [5.74, 6) is 0.922. The molecule has 0 spiro atoms. The predicted molar refractivity (Wildman–Crippen MR) is 79.5 cm³/mol. The average Bonchev–Trinajstić information content (AvgIpc) is 2.41. The van der Waals surface area contributed by atoms with E-state index in [1.54, 1.807) is 0 Å². The van der Waals surface area contributed by atoms with Crippen LogP contribution in [0.25, 0.3) is 0 Å². The quantitative estimate of drug-likeness (QED) is 0.920. The van der Waals surface area contributed by atoms with E-state index >= 15 is 0 Å². The summed E-state index contributed by atoms with van der Waals surface area (Å²) in [7, 11) is 0. The lowest BCUT2D eigenvalue weighted by Gasteiger charge is -2.32. The number of hydrogen-bond acceptors (Lipinski definition) is 2. The Kier molecular flexibility index (Phi) is 4.70. The van der Waals surface area contributed by atoms with Gasteiger partial charge in [0.25, 0.3) is 0 Å². The van der Waals surface area contributed by atoms with Crippen molar-refractivity contribution in [3.8, 4) is 0 Å². The number of benzene rings is 1. The van der Waals surface area contributed by atoms with Crippen LogP contribution in [0.5, 0.6) is 0 Å². The van der Waals surface area contributed by atoms with E-state index in [2.05, 4.69) is 12.2 Å². The Hall–Kier alpha value is -1.22. The Labute approximate surface area is 119 Å². The lowest BCUT2D eigenvalue weighted by atomic mass is 9.99. The van der Waals surface area contributed by atoms with Crippen LogP contribution in [0.1, 0.15) is 26.7 Å². The molecule has 1 aliphatic rings. The van der Waals surface area contributed by atoms with Crippen LogP contribution in [0.4, 0.5) is 5.69 Å². The van der Waals surface area contributed by atoms with Crippen LogP contribution in [-0.2, 0) is 4.79 Å². The third-order valence-electron chi connectivity index (χ3n) is 3.69. The van der Waals surface area contributed by atoms with Crippen molar-refractivity contribution in [1.82, 2.24) is 4.90 Å². The Morgan fingerprint density at radius 1 is 1.32 bits per heavy atom. The van der Waals surface area contributed by atoms with Crippen molar-refractivity contribution < 1.29 is 4.79 Å². The largest absolute Gasteiger partial charge is 0.374 e. The summed E-state index contributed by atoms with van der Waals surface area (Å²) < 4.78 is 0. The summed E-state index contributed by atoms with van der Waals surface area (Å²) >= 11 is 5.84. The first kappa shape index (κ1) is 14.2. The third-order valence-corrected chi connectivity index (χ3v) is 3.95. The van der Waals surface area contributed by atoms with Gasteiger partial charge in [-0.2, -0.15) is 0 Å². The first-order chi connectivity index (χ1) is 9.06. The molecule has 4 heteroatoms. The SMILES string of the molecule is CC1CCN(C(=O)C(C)Nc2ccc(Cl)cc2)CC1. The second-order valence-electron chi connectivity index (χ2n) is 5.38. The van der Waals surface area contributed by atoms with E-state index in [1.165, 1.54) is 0 Å². The van der Waals surface area contributed by atoms with Gasteiger partial charge in [-0.25, -0.2) is 0 Å². The molecular formula is C15H21ClN2O. The maximum atomic E-state index is 12.3. The summed E-state index contributed by atoms with van der Waals surface area (Å²) in [4.78, 5) is 14.3. The lowest BCUT2D eigenvalue weighted by Crippen LogP contribution is -2.45. The van der Waals surface area contributed by atoms with E-state index in [1.807, 2.05) is 36.1 Å². The molecule has 0 aliphatic carbocycles. The van der Waals surface area contributed by atoms with E-state index < -0.39 is 0 Å². The molecule has 1 N–H and O–H groups in total. The van der Waals surface area contributed by atoms with E-state index in [-0.39, 0.29) is 11.9 Å². The van der Waals surface area contributed by atoms with E-state index in [0.717, 1.165) is 37.5 Å². The monoisotopic (exact) mass is 280 g/mol. The molecule has 1 aromatic carbocycles. The van der Waals surface area contributed by atoms with Gasteiger partial charge in [-0.3, -0.25) is 4.79 Å². The summed E-state index contributed by atoms with van der Waals surface area (Å²) in [6.45, 7) is 5.92. The van der Waals surface area contributed by atoms with Crippen molar-refractivity contribution in [3.05, 3.63) is 29.3 Å². The Balaban J connectivity index is 1.90. The summed E-state index contributed by atoms with van der Waals surface area (Å²) in [6, 6.07) is 7.23. The number of carbonyl (C=O) groups is 1. The second-order valence-corrected chi connectivity index (χ2v) is 5.82. The van der Waals surface area contributed by atoms with Crippen LogP contribution in [-0.4, -0.2) is 29.9 Å². The predicted octanol–water partition coefficient (Wildman–Crippen LogP) is 3.40. The number of hydrogen-bond donors (Lipinski definition) is 1. The summed E-state index contributed by atoms with van der Waals surface area (Å²) in [6.07, 6.45) is 2.22. The second kappa shape index (κ2) is 6.29.